The lowest BCUT2D eigenvalue weighted by molar-refractivity contribution is -0.131. The largest absolute Gasteiger partial charge is 0.353 e. The normalized spacial score (nSPS) is 15.0. The number of rotatable bonds is 4. The zero-order chi connectivity index (χ0) is 17.1. The molecule has 3 rings (SSSR count). The lowest BCUT2D eigenvalue weighted by Gasteiger charge is -2.35. The molecule has 1 N–H and O–H groups in total. The van der Waals surface area contributed by atoms with E-state index in [-0.39, 0.29) is 5.91 Å². The molecule has 1 amide bonds. The number of anilines is 1. The van der Waals surface area contributed by atoms with Crippen LogP contribution in [0.5, 0.6) is 0 Å². The fourth-order valence-corrected chi connectivity index (χ4v) is 3.14. The zero-order valence-corrected chi connectivity index (χ0v) is 14.5. The van der Waals surface area contributed by atoms with E-state index in [9.17, 15) is 4.79 Å². The van der Waals surface area contributed by atoms with E-state index in [2.05, 4.69) is 25.1 Å². The number of nitrogens with zero attached hydrogens (tertiary/aromatic N) is 5. The van der Waals surface area contributed by atoms with Crippen molar-refractivity contribution in [1.29, 1.82) is 0 Å². The number of aryl methyl sites for hydroxylation is 3. The number of amides is 1. The Morgan fingerprint density at radius 3 is 2.58 bits per heavy atom. The van der Waals surface area contributed by atoms with Crippen LogP contribution in [0.15, 0.2) is 12.3 Å². The van der Waals surface area contributed by atoms with E-state index in [0.717, 1.165) is 55.6 Å². The van der Waals surface area contributed by atoms with Gasteiger partial charge in [-0.1, -0.05) is 0 Å². The molecule has 0 unspecified atom stereocenters. The van der Waals surface area contributed by atoms with Gasteiger partial charge < -0.3 is 9.80 Å². The molecule has 1 aliphatic rings. The number of carbonyl (C=O) groups excluding carboxylic acids is 1. The molecule has 128 valence electrons. The van der Waals surface area contributed by atoms with E-state index in [1.165, 1.54) is 5.56 Å². The van der Waals surface area contributed by atoms with Crippen LogP contribution < -0.4 is 4.90 Å². The summed E-state index contributed by atoms with van der Waals surface area (Å²) in [6.07, 6.45) is 3.07. The van der Waals surface area contributed by atoms with Crippen LogP contribution in [0.3, 0.4) is 0 Å². The topological polar surface area (TPSA) is 78.0 Å². The molecular formula is C17H24N6O. The molecule has 0 atom stereocenters. The van der Waals surface area contributed by atoms with Gasteiger partial charge in [0.1, 0.15) is 11.6 Å². The average Bonchev–Trinajstić information content (AvgIpc) is 2.91. The highest BCUT2D eigenvalue weighted by Gasteiger charge is 2.22. The molecule has 24 heavy (non-hydrogen) atoms. The molecule has 1 fully saturated rings. The fraction of sp³-hybridized carbons (Fsp3) is 0.529. The quantitative estimate of drug-likeness (QED) is 0.918. The summed E-state index contributed by atoms with van der Waals surface area (Å²) in [5.74, 6) is 1.93. The third-order valence-electron chi connectivity index (χ3n) is 4.59. The van der Waals surface area contributed by atoms with Gasteiger partial charge in [0.25, 0.3) is 0 Å². The Morgan fingerprint density at radius 2 is 1.96 bits per heavy atom. The van der Waals surface area contributed by atoms with Crippen LogP contribution in [0.4, 0.5) is 5.82 Å². The van der Waals surface area contributed by atoms with Gasteiger partial charge in [-0.2, -0.15) is 5.10 Å². The summed E-state index contributed by atoms with van der Waals surface area (Å²) in [7, 11) is 0. The van der Waals surface area contributed by atoms with Crippen molar-refractivity contribution in [1.82, 2.24) is 25.1 Å². The van der Waals surface area contributed by atoms with Gasteiger partial charge in [0.15, 0.2) is 0 Å². The lowest BCUT2D eigenvalue weighted by atomic mass is 10.1. The minimum Gasteiger partial charge on any atom is -0.353 e. The van der Waals surface area contributed by atoms with E-state index in [1.807, 2.05) is 31.7 Å². The summed E-state index contributed by atoms with van der Waals surface area (Å²) in [6, 6.07) is 1.93. The van der Waals surface area contributed by atoms with Gasteiger partial charge in [0.2, 0.25) is 5.91 Å². The summed E-state index contributed by atoms with van der Waals surface area (Å²) in [6.45, 7) is 8.98. The number of piperazine rings is 1. The Balaban J connectivity index is 1.52. The molecule has 2 aromatic heterocycles. The molecule has 3 heterocycles. The highest BCUT2D eigenvalue weighted by Crippen LogP contribution is 2.16. The Bertz CT molecular complexity index is 698. The van der Waals surface area contributed by atoms with Crippen molar-refractivity contribution in [3.05, 3.63) is 35.0 Å². The van der Waals surface area contributed by atoms with Gasteiger partial charge >= 0.3 is 0 Å². The van der Waals surface area contributed by atoms with Crippen molar-refractivity contribution in [3.63, 3.8) is 0 Å². The van der Waals surface area contributed by atoms with Gasteiger partial charge in [0.05, 0.1) is 5.69 Å². The van der Waals surface area contributed by atoms with Crippen LogP contribution in [0.2, 0.25) is 0 Å². The SMILES string of the molecule is Cc1nccc(N2CCN(C(=O)CCc3c(C)n[nH]c3C)CC2)n1. The fourth-order valence-electron chi connectivity index (χ4n) is 3.14. The average molecular weight is 328 g/mol. The maximum absolute atomic E-state index is 12.5. The smallest absolute Gasteiger partial charge is 0.223 e. The first-order valence-corrected chi connectivity index (χ1v) is 8.37. The second-order valence-electron chi connectivity index (χ2n) is 6.24. The molecule has 0 radical (unpaired) electrons. The van der Waals surface area contributed by atoms with Crippen LogP contribution in [-0.4, -0.2) is 57.2 Å². The van der Waals surface area contributed by atoms with Crippen LogP contribution in [0.25, 0.3) is 0 Å². The third kappa shape index (κ3) is 3.55. The highest BCUT2D eigenvalue weighted by molar-refractivity contribution is 5.76. The third-order valence-corrected chi connectivity index (χ3v) is 4.59. The number of H-pyrrole nitrogens is 1. The summed E-state index contributed by atoms with van der Waals surface area (Å²) in [4.78, 5) is 25.2. The molecule has 2 aromatic rings. The van der Waals surface area contributed by atoms with Gasteiger partial charge in [-0.15, -0.1) is 0 Å². The Morgan fingerprint density at radius 1 is 1.21 bits per heavy atom. The Kier molecular flexibility index (Phi) is 4.78. The summed E-state index contributed by atoms with van der Waals surface area (Å²) < 4.78 is 0. The van der Waals surface area contributed by atoms with Crippen molar-refractivity contribution >= 4 is 11.7 Å². The maximum Gasteiger partial charge on any atom is 0.223 e. The van der Waals surface area contributed by atoms with Crippen LogP contribution in [-0.2, 0) is 11.2 Å². The number of hydrogen-bond donors (Lipinski definition) is 1. The van der Waals surface area contributed by atoms with Crippen molar-refractivity contribution in [2.45, 2.75) is 33.6 Å². The molecule has 0 aliphatic carbocycles. The molecule has 7 heteroatoms. The molecule has 0 bridgehead atoms. The molecule has 0 aromatic carbocycles. The zero-order valence-electron chi connectivity index (χ0n) is 14.5. The standard InChI is InChI=1S/C17H24N6O/c1-12-15(13(2)21-20-12)4-5-17(24)23-10-8-22(9-11-23)16-6-7-18-14(3)19-16/h6-7H,4-5,8-11H2,1-3H3,(H,20,21). The molecule has 1 aliphatic heterocycles. The first-order valence-electron chi connectivity index (χ1n) is 8.37. The van der Waals surface area contributed by atoms with E-state index in [0.29, 0.717) is 6.42 Å². The summed E-state index contributed by atoms with van der Waals surface area (Å²) >= 11 is 0. The first-order chi connectivity index (χ1) is 11.5. The Hall–Kier alpha value is -2.44. The van der Waals surface area contributed by atoms with Gasteiger partial charge in [-0.05, 0) is 38.8 Å². The van der Waals surface area contributed by atoms with Crippen LogP contribution in [0.1, 0.15) is 29.2 Å². The molecule has 0 spiro atoms. The van der Waals surface area contributed by atoms with Crippen molar-refractivity contribution in [3.8, 4) is 0 Å². The molecule has 7 nitrogen and oxygen atoms in total. The van der Waals surface area contributed by atoms with Gasteiger partial charge in [0, 0.05) is 44.5 Å². The number of nitrogens with one attached hydrogen (secondary N) is 1. The van der Waals surface area contributed by atoms with E-state index >= 15 is 0 Å². The van der Waals surface area contributed by atoms with E-state index in [4.69, 9.17) is 0 Å². The highest BCUT2D eigenvalue weighted by atomic mass is 16.2. The van der Waals surface area contributed by atoms with Crippen LogP contribution in [0, 0.1) is 20.8 Å². The lowest BCUT2D eigenvalue weighted by Crippen LogP contribution is -2.49. The van der Waals surface area contributed by atoms with E-state index in [1.54, 1.807) is 6.20 Å². The predicted octanol–water partition coefficient (Wildman–Crippen LogP) is 1.41. The Labute approximate surface area is 142 Å². The predicted molar refractivity (Wildman–Crippen MR) is 91.9 cm³/mol. The number of aromatic nitrogens is 4. The van der Waals surface area contributed by atoms with Crippen LogP contribution >= 0.6 is 0 Å². The minimum atomic E-state index is 0.216. The second-order valence-corrected chi connectivity index (χ2v) is 6.24. The maximum atomic E-state index is 12.5. The van der Waals surface area contributed by atoms with Gasteiger partial charge in [-0.3, -0.25) is 9.89 Å². The van der Waals surface area contributed by atoms with Crippen molar-refractivity contribution < 1.29 is 4.79 Å². The monoisotopic (exact) mass is 328 g/mol. The number of carbonyl (C=O) groups is 1. The minimum absolute atomic E-state index is 0.216. The molecule has 1 saturated heterocycles. The summed E-state index contributed by atoms with van der Waals surface area (Å²) in [5, 5.41) is 7.16. The number of hydrogen-bond acceptors (Lipinski definition) is 5. The van der Waals surface area contributed by atoms with Crippen molar-refractivity contribution in [2.75, 3.05) is 31.1 Å². The summed E-state index contributed by atoms with van der Waals surface area (Å²) in [5.41, 5.74) is 3.21. The molecule has 0 saturated carbocycles. The van der Waals surface area contributed by atoms with Gasteiger partial charge in [-0.25, -0.2) is 9.97 Å². The van der Waals surface area contributed by atoms with Crippen molar-refractivity contribution in [2.24, 2.45) is 0 Å². The number of aromatic amines is 1. The first kappa shape index (κ1) is 16.4. The second kappa shape index (κ2) is 6.98. The molecular weight excluding hydrogens is 304 g/mol. The van der Waals surface area contributed by atoms with E-state index < -0.39 is 0 Å².